The van der Waals surface area contributed by atoms with Gasteiger partial charge in [-0.1, -0.05) is 0 Å². The maximum atomic E-state index is 13.5. The maximum Gasteiger partial charge on any atom is 0.243 e. The molecule has 4 rings (SSSR count). The first-order valence-electron chi connectivity index (χ1n) is 10.2. The third-order valence-corrected chi connectivity index (χ3v) is 7.08. The van der Waals surface area contributed by atoms with Gasteiger partial charge in [-0.15, -0.1) is 0 Å². The minimum atomic E-state index is -3.76. The molecule has 0 radical (unpaired) electrons. The number of rotatable bonds is 8. The Bertz CT molecular complexity index is 1100. The molecule has 0 amide bonds. The third kappa shape index (κ3) is 4.15. The molecule has 2 heterocycles. The zero-order valence-corrected chi connectivity index (χ0v) is 18.4. The number of furan rings is 1. The summed E-state index contributed by atoms with van der Waals surface area (Å²) in [5.41, 5.74) is 3.20. The van der Waals surface area contributed by atoms with Gasteiger partial charge < -0.3 is 9.15 Å². The van der Waals surface area contributed by atoms with Gasteiger partial charge in [0, 0.05) is 12.7 Å². The van der Waals surface area contributed by atoms with E-state index in [0.29, 0.717) is 11.5 Å². The number of fused-ring (bicyclic) bond motifs is 1. The summed E-state index contributed by atoms with van der Waals surface area (Å²) in [6.45, 7) is 4.21. The van der Waals surface area contributed by atoms with Gasteiger partial charge in [0.15, 0.2) is 0 Å². The second kappa shape index (κ2) is 8.28. The lowest BCUT2D eigenvalue weighted by molar-refractivity contribution is 0.242. The van der Waals surface area contributed by atoms with Gasteiger partial charge >= 0.3 is 0 Å². The highest BCUT2D eigenvalue weighted by atomic mass is 32.2. The fourth-order valence-corrected chi connectivity index (χ4v) is 5.27. The Hall–Kier alpha value is -2.58. The smallest absolute Gasteiger partial charge is 0.243 e. The molecule has 0 aliphatic heterocycles. The van der Waals surface area contributed by atoms with Gasteiger partial charge in [-0.05, 0) is 75.1 Å². The van der Waals surface area contributed by atoms with Crippen LogP contribution < -0.4 is 4.74 Å². The Morgan fingerprint density at radius 2 is 1.93 bits per heavy atom. The minimum Gasteiger partial charge on any atom is -0.491 e. The van der Waals surface area contributed by atoms with Gasteiger partial charge in [-0.25, -0.2) is 8.42 Å². The number of hydrogen-bond acceptors (Lipinski definition) is 5. The first kappa shape index (κ1) is 20.7. The predicted molar refractivity (Wildman–Crippen MR) is 113 cm³/mol. The molecular weight excluding hydrogens is 402 g/mol. The molecule has 0 fully saturated rings. The van der Waals surface area contributed by atoms with E-state index >= 15 is 0 Å². The van der Waals surface area contributed by atoms with Gasteiger partial charge in [0.1, 0.15) is 11.5 Å². The first-order chi connectivity index (χ1) is 14.3. The molecule has 1 aliphatic carbocycles. The summed E-state index contributed by atoms with van der Waals surface area (Å²) in [5.74, 6) is 1.23. The van der Waals surface area contributed by atoms with Crippen molar-refractivity contribution in [3.05, 3.63) is 65.4 Å². The Morgan fingerprint density at radius 1 is 1.17 bits per heavy atom. The zero-order chi connectivity index (χ0) is 21.3. The summed E-state index contributed by atoms with van der Waals surface area (Å²) >= 11 is 0. The molecule has 0 unspecified atom stereocenters. The molecule has 0 bridgehead atoms. The van der Waals surface area contributed by atoms with Gasteiger partial charge in [-0.2, -0.15) is 9.40 Å². The average molecular weight is 430 g/mol. The van der Waals surface area contributed by atoms with Crippen molar-refractivity contribution >= 4 is 10.0 Å². The van der Waals surface area contributed by atoms with Crippen LogP contribution in [-0.2, 0) is 43.0 Å². The number of aryl methyl sites for hydroxylation is 1. The van der Waals surface area contributed by atoms with E-state index in [4.69, 9.17) is 9.15 Å². The van der Waals surface area contributed by atoms with Crippen LogP contribution in [0.3, 0.4) is 0 Å². The Kier molecular flexibility index (Phi) is 5.71. The first-order valence-corrected chi connectivity index (χ1v) is 11.6. The third-order valence-electron chi connectivity index (χ3n) is 5.27. The predicted octanol–water partition coefficient (Wildman–Crippen LogP) is 3.68. The molecule has 8 heteroatoms. The molecule has 0 saturated heterocycles. The van der Waals surface area contributed by atoms with Crippen LogP contribution in [0.1, 0.15) is 43.0 Å². The van der Waals surface area contributed by atoms with Gasteiger partial charge in [0.25, 0.3) is 0 Å². The van der Waals surface area contributed by atoms with Crippen molar-refractivity contribution in [3.8, 4) is 5.75 Å². The molecule has 160 valence electrons. The van der Waals surface area contributed by atoms with Crippen LogP contribution in [0, 0.1) is 0 Å². The highest BCUT2D eigenvalue weighted by Crippen LogP contribution is 2.29. The van der Waals surface area contributed by atoms with E-state index in [1.807, 2.05) is 25.6 Å². The van der Waals surface area contributed by atoms with Crippen LogP contribution in [0.5, 0.6) is 5.75 Å². The number of ether oxygens (including phenoxy) is 1. The summed E-state index contributed by atoms with van der Waals surface area (Å²) in [6.07, 6.45) is 4.58. The number of nitrogens with zero attached hydrogens (tertiary/aromatic N) is 3. The van der Waals surface area contributed by atoms with E-state index in [9.17, 15) is 8.42 Å². The lowest BCUT2D eigenvalue weighted by atomic mass is 10.2. The average Bonchev–Trinajstić information content (AvgIpc) is 3.42. The molecule has 0 saturated carbocycles. The van der Waals surface area contributed by atoms with E-state index in [1.165, 1.54) is 15.6 Å². The standard InChI is InChI=1S/C22H27N3O4S/c1-16(2)29-17-9-11-19(12-10-17)30(26,27)25(14-18-6-5-13-28-18)15-21-20-7-4-8-22(20)24(3)23-21/h5-6,9-13,16H,4,7-8,14-15H2,1-3H3. The van der Waals surface area contributed by atoms with Crippen LogP contribution in [-0.4, -0.2) is 28.6 Å². The molecule has 0 N–H and O–H groups in total. The molecule has 2 aromatic heterocycles. The molecule has 0 spiro atoms. The molecule has 1 aromatic carbocycles. The Labute approximate surface area is 177 Å². The number of aromatic nitrogens is 2. The molecule has 0 atom stereocenters. The number of benzene rings is 1. The second-order valence-corrected chi connectivity index (χ2v) is 9.78. The van der Waals surface area contributed by atoms with Crippen LogP contribution in [0.2, 0.25) is 0 Å². The molecule has 1 aliphatic rings. The van der Waals surface area contributed by atoms with Gasteiger partial charge in [0.05, 0.1) is 36.0 Å². The highest BCUT2D eigenvalue weighted by molar-refractivity contribution is 7.89. The highest BCUT2D eigenvalue weighted by Gasteiger charge is 2.29. The van der Waals surface area contributed by atoms with Crippen LogP contribution >= 0.6 is 0 Å². The van der Waals surface area contributed by atoms with E-state index < -0.39 is 10.0 Å². The van der Waals surface area contributed by atoms with Gasteiger partial charge in [0.2, 0.25) is 10.0 Å². The quantitative estimate of drug-likeness (QED) is 0.546. The van der Waals surface area contributed by atoms with Crippen LogP contribution in [0.4, 0.5) is 0 Å². The lowest BCUT2D eigenvalue weighted by Gasteiger charge is -2.21. The van der Waals surface area contributed by atoms with Crippen molar-refractivity contribution in [1.29, 1.82) is 0 Å². The molecule has 30 heavy (non-hydrogen) atoms. The van der Waals surface area contributed by atoms with Crippen molar-refractivity contribution in [2.24, 2.45) is 7.05 Å². The van der Waals surface area contributed by atoms with E-state index in [2.05, 4.69) is 5.10 Å². The summed E-state index contributed by atoms with van der Waals surface area (Å²) in [5, 5.41) is 4.62. The Morgan fingerprint density at radius 3 is 2.60 bits per heavy atom. The summed E-state index contributed by atoms with van der Waals surface area (Å²) in [6, 6.07) is 10.1. The fourth-order valence-electron chi connectivity index (χ4n) is 3.91. The monoisotopic (exact) mass is 429 g/mol. The summed E-state index contributed by atoms with van der Waals surface area (Å²) < 4.78 is 41.4. The van der Waals surface area contributed by atoms with Crippen molar-refractivity contribution in [1.82, 2.24) is 14.1 Å². The lowest BCUT2D eigenvalue weighted by Crippen LogP contribution is -2.30. The van der Waals surface area contributed by atoms with Crippen LogP contribution in [0.15, 0.2) is 52.0 Å². The van der Waals surface area contributed by atoms with Crippen molar-refractivity contribution in [3.63, 3.8) is 0 Å². The molecule has 7 nitrogen and oxygen atoms in total. The molecular formula is C22H27N3O4S. The minimum absolute atomic E-state index is 0.0224. The molecule has 3 aromatic rings. The fraction of sp³-hybridized carbons (Fsp3) is 0.409. The Balaban J connectivity index is 1.65. The largest absolute Gasteiger partial charge is 0.491 e. The van der Waals surface area contributed by atoms with Crippen LogP contribution in [0.25, 0.3) is 0 Å². The summed E-state index contributed by atoms with van der Waals surface area (Å²) in [7, 11) is -1.84. The van der Waals surface area contributed by atoms with Crippen molar-refractivity contribution in [2.75, 3.05) is 0 Å². The second-order valence-electron chi connectivity index (χ2n) is 7.84. The van der Waals surface area contributed by atoms with Gasteiger partial charge in [-0.3, -0.25) is 4.68 Å². The zero-order valence-electron chi connectivity index (χ0n) is 17.5. The topological polar surface area (TPSA) is 77.6 Å². The summed E-state index contributed by atoms with van der Waals surface area (Å²) in [4.78, 5) is 0.220. The van der Waals surface area contributed by atoms with Crippen molar-refractivity contribution < 1.29 is 17.6 Å². The number of hydrogen-bond donors (Lipinski definition) is 0. The van der Waals surface area contributed by atoms with E-state index in [0.717, 1.165) is 25.0 Å². The maximum absolute atomic E-state index is 13.5. The normalized spacial score (nSPS) is 13.9. The van der Waals surface area contributed by atoms with E-state index in [-0.39, 0.29) is 24.1 Å². The number of sulfonamides is 1. The van der Waals surface area contributed by atoms with Crippen molar-refractivity contribution in [2.45, 2.75) is 57.2 Å². The SMILES string of the molecule is CC(C)Oc1ccc(S(=O)(=O)N(Cc2ccco2)Cc2nn(C)c3c2CCC3)cc1. The van der Waals surface area contributed by atoms with E-state index in [1.54, 1.807) is 42.7 Å².